The molecule has 14 heavy (non-hydrogen) atoms. The van der Waals surface area contributed by atoms with E-state index in [1.165, 1.54) is 0 Å². The summed E-state index contributed by atoms with van der Waals surface area (Å²) in [5.74, 6) is -0.833. The summed E-state index contributed by atoms with van der Waals surface area (Å²) < 4.78 is 5.20. The van der Waals surface area contributed by atoms with Crippen molar-refractivity contribution in [2.45, 2.75) is 45.8 Å². The number of aliphatic carboxylic acids is 1. The molecule has 4 nitrogen and oxygen atoms in total. The summed E-state index contributed by atoms with van der Waals surface area (Å²) in [5.41, 5.74) is 5.43. The Hall–Kier alpha value is -0.610. The average molecular weight is 203 g/mol. The van der Waals surface area contributed by atoms with Crippen molar-refractivity contribution in [3.05, 3.63) is 0 Å². The van der Waals surface area contributed by atoms with Gasteiger partial charge in [-0.25, -0.2) is 0 Å². The minimum atomic E-state index is -0.833. The van der Waals surface area contributed by atoms with E-state index in [9.17, 15) is 4.79 Å². The van der Waals surface area contributed by atoms with Crippen molar-refractivity contribution in [1.29, 1.82) is 0 Å². The van der Waals surface area contributed by atoms with Crippen LogP contribution in [0, 0.1) is 5.41 Å². The van der Waals surface area contributed by atoms with E-state index in [0.29, 0.717) is 0 Å². The van der Waals surface area contributed by atoms with Gasteiger partial charge < -0.3 is 15.6 Å². The van der Waals surface area contributed by atoms with Crippen molar-refractivity contribution < 1.29 is 14.6 Å². The molecule has 3 N–H and O–H groups in total. The molecule has 0 saturated carbocycles. The van der Waals surface area contributed by atoms with E-state index in [-0.39, 0.29) is 18.6 Å². The molecule has 0 aromatic rings. The van der Waals surface area contributed by atoms with Gasteiger partial charge in [-0.2, -0.15) is 0 Å². The number of carboxylic acids is 1. The van der Waals surface area contributed by atoms with E-state index in [0.717, 1.165) is 6.42 Å². The lowest BCUT2D eigenvalue weighted by atomic mass is 9.74. The number of methoxy groups -OCH3 is 1. The van der Waals surface area contributed by atoms with E-state index >= 15 is 0 Å². The summed E-state index contributed by atoms with van der Waals surface area (Å²) in [6.45, 7) is 5.68. The molecule has 0 aliphatic heterocycles. The molecule has 0 heterocycles. The van der Waals surface area contributed by atoms with Gasteiger partial charge in [0.1, 0.15) is 0 Å². The molecule has 4 heteroatoms. The molecule has 3 atom stereocenters. The first-order valence-corrected chi connectivity index (χ1v) is 4.88. The first kappa shape index (κ1) is 13.4. The monoisotopic (exact) mass is 203 g/mol. The second-order valence-electron chi connectivity index (χ2n) is 3.97. The Morgan fingerprint density at radius 2 is 2.14 bits per heavy atom. The third-order valence-electron chi connectivity index (χ3n) is 3.10. The molecule has 0 bridgehead atoms. The Balaban J connectivity index is 4.73. The molecule has 0 aliphatic carbocycles. The number of ether oxygens (including phenoxy) is 1. The molecule has 0 saturated heterocycles. The van der Waals surface area contributed by atoms with Crippen molar-refractivity contribution in [2.75, 3.05) is 7.11 Å². The smallest absolute Gasteiger partial charge is 0.304 e. The number of hydrogen-bond acceptors (Lipinski definition) is 3. The Bertz CT molecular complexity index is 184. The highest BCUT2D eigenvalue weighted by molar-refractivity contribution is 5.67. The summed E-state index contributed by atoms with van der Waals surface area (Å²) >= 11 is 0. The Morgan fingerprint density at radius 1 is 1.64 bits per heavy atom. The number of nitrogens with two attached hydrogens (primary N) is 1. The van der Waals surface area contributed by atoms with E-state index < -0.39 is 11.4 Å². The number of carboxylic acid groups (broad SMARTS) is 1. The molecule has 0 aliphatic rings. The normalized spacial score (nSPS) is 19.8. The van der Waals surface area contributed by atoms with Crippen LogP contribution in [0.4, 0.5) is 0 Å². The molecule has 3 unspecified atom stereocenters. The van der Waals surface area contributed by atoms with Crippen LogP contribution < -0.4 is 5.73 Å². The summed E-state index contributed by atoms with van der Waals surface area (Å²) in [4.78, 5) is 10.7. The summed E-state index contributed by atoms with van der Waals surface area (Å²) in [5, 5.41) is 8.83. The van der Waals surface area contributed by atoms with E-state index in [1.54, 1.807) is 7.11 Å². The van der Waals surface area contributed by atoms with Gasteiger partial charge in [-0.1, -0.05) is 13.8 Å². The predicted octanol–water partition coefficient (Wildman–Crippen LogP) is 1.24. The van der Waals surface area contributed by atoms with E-state index in [4.69, 9.17) is 15.6 Å². The van der Waals surface area contributed by atoms with Crippen molar-refractivity contribution in [2.24, 2.45) is 11.1 Å². The third kappa shape index (κ3) is 2.96. The molecule has 0 fully saturated rings. The van der Waals surface area contributed by atoms with Gasteiger partial charge in [-0.15, -0.1) is 0 Å². The molecule has 0 aromatic carbocycles. The Labute approximate surface area is 85.4 Å². The van der Waals surface area contributed by atoms with Crippen LogP contribution in [0.2, 0.25) is 0 Å². The van der Waals surface area contributed by atoms with E-state index in [1.807, 2.05) is 20.8 Å². The maximum absolute atomic E-state index is 10.7. The number of carbonyl (C=O) groups is 1. The lowest BCUT2D eigenvalue weighted by Crippen LogP contribution is -2.48. The summed E-state index contributed by atoms with van der Waals surface area (Å²) in [6.07, 6.45) is 0.627. The van der Waals surface area contributed by atoms with Crippen molar-refractivity contribution in [3.8, 4) is 0 Å². The molecule has 0 radical (unpaired) electrons. The van der Waals surface area contributed by atoms with Gasteiger partial charge in [0.25, 0.3) is 0 Å². The van der Waals surface area contributed by atoms with Crippen molar-refractivity contribution in [3.63, 3.8) is 0 Å². The maximum Gasteiger partial charge on any atom is 0.304 e. The molecular formula is C10H21NO3. The lowest BCUT2D eigenvalue weighted by Gasteiger charge is -2.38. The lowest BCUT2D eigenvalue weighted by molar-refractivity contribution is -0.142. The van der Waals surface area contributed by atoms with Crippen molar-refractivity contribution in [1.82, 2.24) is 0 Å². The number of hydrogen-bond donors (Lipinski definition) is 2. The van der Waals surface area contributed by atoms with Crippen LogP contribution in [-0.4, -0.2) is 30.3 Å². The average Bonchev–Trinajstić information content (AvgIpc) is 2.13. The van der Waals surface area contributed by atoms with Crippen LogP contribution in [0.5, 0.6) is 0 Å². The van der Waals surface area contributed by atoms with Gasteiger partial charge in [0.05, 0.1) is 12.5 Å². The minimum absolute atomic E-state index is 0.0387. The van der Waals surface area contributed by atoms with Crippen LogP contribution >= 0.6 is 0 Å². The first-order chi connectivity index (χ1) is 6.38. The largest absolute Gasteiger partial charge is 0.481 e. The Kier molecular flexibility index (Phi) is 5.08. The van der Waals surface area contributed by atoms with Crippen LogP contribution in [0.3, 0.4) is 0 Å². The quantitative estimate of drug-likeness (QED) is 0.681. The highest BCUT2D eigenvalue weighted by Crippen LogP contribution is 2.32. The third-order valence-corrected chi connectivity index (χ3v) is 3.10. The molecule has 84 valence electrons. The first-order valence-electron chi connectivity index (χ1n) is 4.88. The molecular weight excluding hydrogens is 182 g/mol. The maximum atomic E-state index is 10.7. The van der Waals surface area contributed by atoms with E-state index in [2.05, 4.69) is 0 Å². The fourth-order valence-electron chi connectivity index (χ4n) is 1.64. The van der Waals surface area contributed by atoms with Crippen molar-refractivity contribution >= 4 is 5.97 Å². The highest BCUT2D eigenvalue weighted by atomic mass is 16.5. The second-order valence-corrected chi connectivity index (χ2v) is 3.97. The van der Waals surface area contributed by atoms with Crippen LogP contribution in [0.15, 0.2) is 0 Å². The topological polar surface area (TPSA) is 72.6 Å². The van der Waals surface area contributed by atoms with Crippen LogP contribution in [-0.2, 0) is 9.53 Å². The second kappa shape index (κ2) is 5.32. The van der Waals surface area contributed by atoms with Crippen LogP contribution in [0.1, 0.15) is 33.6 Å². The molecule has 0 spiro atoms. The zero-order valence-electron chi connectivity index (χ0n) is 9.41. The SMILES string of the molecule is CCC(N)C(C)(CC(=O)O)C(C)OC. The molecule has 0 aromatic heterocycles. The fraction of sp³-hybridized carbons (Fsp3) is 0.900. The summed E-state index contributed by atoms with van der Waals surface area (Å²) in [6, 6.07) is -0.159. The summed E-state index contributed by atoms with van der Waals surface area (Å²) in [7, 11) is 1.58. The van der Waals surface area contributed by atoms with Gasteiger partial charge in [0.15, 0.2) is 0 Å². The van der Waals surface area contributed by atoms with Gasteiger partial charge in [-0.05, 0) is 13.3 Å². The van der Waals surface area contributed by atoms with Crippen LogP contribution in [0.25, 0.3) is 0 Å². The fourth-order valence-corrected chi connectivity index (χ4v) is 1.64. The number of rotatable bonds is 6. The zero-order valence-corrected chi connectivity index (χ0v) is 9.41. The van der Waals surface area contributed by atoms with Gasteiger partial charge in [0.2, 0.25) is 0 Å². The predicted molar refractivity (Wildman–Crippen MR) is 55.1 cm³/mol. The van der Waals surface area contributed by atoms with Gasteiger partial charge in [0, 0.05) is 18.6 Å². The molecule has 0 amide bonds. The zero-order chi connectivity index (χ0) is 11.4. The standard InChI is InChI=1S/C10H21NO3/c1-5-8(11)10(3,6-9(12)13)7(2)14-4/h7-8H,5-6,11H2,1-4H3,(H,12,13). The molecule has 0 rings (SSSR count). The highest BCUT2D eigenvalue weighted by Gasteiger charge is 2.38. The van der Waals surface area contributed by atoms with Gasteiger partial charge in [-0.3, -0.25) is 4.79 Å². The minimum Gasteiger partial charge on any atom is -0.481 e. The Morgan fingerprint density at radius 3 is 2.43 bits per heavy atom. The van der Waals surface area contributed by atoms with Gasteiger partial charge >= 0.3 is 5.97 Å².